The van der Waals surface area contributed by atoms with E-state index in [1.54, 1.807) is 0 Å². The standard InChI is InChI=1S/C19H26O13/c1-8(20)26-7-14(27-9(2)21)15(28-10(3)22)16-17(29-11(4)23)18(30-12(5)24)19(32-16)31-13(6)25/h14-19H,7H2,1-6H3. The van der Waals surface area contributed by atoms with E-state index in [9.17, 15) is 28.8 Å². The molecule has 32 heavy (non-hydrogen) atoms. The van der Waals surface area contributed by atoms with Gasteiger partial charge in [0.2, 0.25) is 12.4 Å². The highest BCUT2D eigenvalue weighted by molar-refractivity contribution is 5.69. The molecule has 0 aromatic heterocycles. The number of hydrogen-bond donors (Lipinski definition) is 0. The van der Waals surface area contributed by atoms with Gasteiger partial charge in [-0.15, -0.1) is 0 Å². The van der Waals surface area contributed by atoms with Crippen molar-refractivity contribution in [3.8, 4) is 0 Å². The van der Waals surface area contributed by atoms with E-state index in [4.69, 9.17) is 33.2 Å². The summed E-state index contributed by atoms with van der Waals surface area (Å²) in [6.45, 7) is 5.86. The smallest absolute Gasteiger partial charge is 0.305 e. The van der Waals surface area contributed by atoms with Crippen LogP contribution in [0.2, 0.25) is 0 Å². The molecule has 13 nitrogen and oxygen atoms in total. The van der Waals surface area contributed by atoms with E-state index in [0.29, 0.717) is 0 Å². The van der Waals surface area contributed by atoms with Gasteiger partial charge in [-0.3, -0.25) is 28.8 Å². The van der Waals surface area contributed by atoms with Crippen molar-refractivity contribution in [1.82, 2.24) is 0 Å². The lowest BCUT2D eigenvalue weighted by molar-refractivity contribution is -0.211. The van der Waals surface area contributed by atoms with Crippen LogP contribution < -0.4 is 0 Å². The molecule has 1 rings (SSSR count). The van der Waals surface area contributed by atoms with Crippen LogP contribution in [-0.4, -0.2) is 79.2 Å². The summed E-state index contributed by atoms with van der Waals surface area (Å²) in [7, 11) is 0. The van der Waals surface area contributed by atoms with Crippen molar-refractivity contribution in [1.29, 1.82) is 0 Å². The molecular formula is C19H26O13. The summed E-state index contributed by atoms with van der Waals surface area (Å²) in [5.41, 5.74) is 0. The zero-order valence-corrected chi connectivity index (χ0v) is 18.5. The highest BCUT2D eigenvalue weighted by atomic mass is 16.8. The van der Waals surface area contributed by atoms with Crippen LogP contribution >= 0.6 is 0 Å². The van der Waals surface area contributed by atoms with Crippen molar-refractivity contribution in [2.45, 2.75) is 78.4 Å². The van der Waals surface area contributed by atoms with Crippen LogP contribution in [0.3, 0.4) is 0 Å². The third kappa shape index (κ3) is 8.49. The van der Waals surface area contributed by atoms with E-state index >= 15 is 0 Å². The predicted molar refractivity (Wildman–Crippen MR) is 99.3 cm³/mol. The molecule has 0 spiro atoms. The van der Waals surface area contributed by atoms with Gasteiger partial charge in [0.1, 0.15) is 12.7 Å². The Morgan fingerprint density at radius 1 is 0.656 bits per heavy atom. The lowest BCUT2D eigenvalue weighted by Crippen LogP contribution is -2.52. The minimum Gasteiger partial charge on any atom is -0.462 e. The van der Waals surface area contributed by atoms with E-state index < -0.39 is 79.2 Å². The Labute approximate surface area is 183 Å². The molecule has 0 aliphatic carbocycles. The van der Waals surface area contributed by atoms with Crippen LogP contribution in [0.4, 0.5) is 0 Å². The molecule has 0 radical (unpaired) electrons. The second kappa shape index (κ2) is 12.0. The van der Waals surface area contributed by atoms with E-state index in [2.05, 4.69) is 0 Å². The Morgan fingerprint density at radius 3 is 1.59 bits per heavy atom. The first kappa shape index (κ1) is 26.8. The largest absolute Gasteiger partial charge is 0.462 e. The van der Waals surface area contributed by atoms with Gasteiger partial charge >= 0.3 is 35.8 Å². The summed E-state index contributed by atoms with van der Waals surface area (Å²) >= 11 is 0. The van der Waals surface area contributed by atoms with Crippen molar-refractivity contribution in [2.75, 3.05) is 6.61 Å². The molecule has 13 heteroatoms. The molecule has 1 aliphatic heterocycles. The average molecular weight is 462 g/mol. The minimum absolute atomic E-state index is 0.546. The SMILES string of the molecule is CC(=O)OCC(OC(C)=O)C(OC(C)=O)C1OC(OC(C)=O)C(OC(C)=O)C1OC(C)=O. The van der Waals surface area contributed by atoms with E-state index in [1.165, 1.54) is 0 Å². The predicted octanol–water partition coefficient (Wildman–Crippen LogP) is -0.436. The van der Waals surface area contributed by atoms with Crippen molar-refractivity contribution in [3.63, 3.8) is 0 Å². The average Bonchev–Trinajstić information content (AvgIpc) is 2.91. The zero-order chi connectivity index (χ0) is 24.6. The number of hydrogen-bond acceptors (Lipinski definition) is 13. The Hall–Kier alpha value is -3.22. The summed E-state index contributed by atoms with van der Waals surface area (Å²) < 4.78 is 36.3. The zero-order valence-electron chi connectivity index (χ0n) is 18.5. The molecule has 0 aromatic rings. The number of carbonyl (C=O) groups is 6. The maximum atomic E-state index is 11.8. The maximum absolute atomic E-state index is 11.8. The summed E-state index contributed by atoms with van der Waals surface area (Å²) in [6.07, 6.45) is -8.79. The molecule has 6 atom stereocenters. The van der Waals surface area contributed by atoms with Crippen molar-refractivity contribution in [2.24, 2.45) is 0 Å². The number of rotatable bonds is 9. The lowest BCUT2D eigenvalue weighted by Gasteiger charge is -2.32. The van der Waals surface area contributed by atoms with Gasteiger partial charge in [0.25, 0.3) is 0 Å². The molecule has 0 amide bonds. The number of esters is 6. The van der Waals surface area contributed by atoms with Gasteiger partial charge in [0.05, 0.1) is 0 Å². The number of carbonyl (C=O) groups excluding carboxylic acids is 6. The number of ether oxygens (including phenoxy) is 7. The molecule has 0 aromatic carbocycles. The third-order valence-corrected chi connectivity index (χ3v) is 3.85. The van der Waals surface area contributed by atoms with Crippen molar-refractivity contribution < 1.29 is 61.9 Å². The Kier molecular flexibility index (Phi) is 10.0. The van der Waals surface area contributed by atoms with Gasteiger partial charge in [-0.05, 0) is 0 Å². The second-order valence-electron chi connectivity index (χ2n) is 6.75. The van der Waals surface area contributed by atoms with Crippen molar-refractivity contribution >= 4 is 35.8 Å². The first-order chi connectivity index (χ1) is 14.8. The Bertz CT molecular complexity index is 746. The van der Waals surface area contributed by atoms with E-state index in [0.717, 1.165) is 41.5 Å². The summed E-state index contributed by atoms with van der Waals surface area (Å²) in [5, 5.41) is 0. The van der Waals surface area contributed by atoms with E-state index in [1.807, 2.05) is 0 Å². The monoisotopic (exact) mass is 462 g/mol. The van der Waals surface area contributed by atoms with Crippen LogP contribution in [0.1, 0.15) is 41.5 Å². The van der Waals surface area contributed by atoms with Gasteiger partial charge in [-0.25, -0.2) is 0 Å². The van der Waals surface area contributed by atoms with Gasteiger partial charge in [-0.2, -0.15) is 0 Å². The molecule has 180 valence electrons. The second-order valence-corrected chi connectivity index (χ2v) is 6.75. The quantitative estimate of drug-likeness (QED) is 0.320. The fourth-order valence-corrected chi connectivity index (χ4v) is 2.97. The Balaban J connectivity index is 3.45. The van der Waals surface area contributed by atoms with Crippen LogP contribution in [-0.2, 0) is 61.9 Å². The minimum atomic E-state index is -1.55. The van der Waals surface area contributed by atoms with Crippen LogP contribution in [0.25, 0.3) is 0 Å². The third-order valence-electron chi connectivity index (χ3n) is 3.85. The Morgan fingerprint density at radius 2 is 1.16 bits per heavy atom. The molecule has 0 N–H and O–H groups in total. The molecule has 0 bridgehead atoms. The highest BCUT2D eigenvalue weighted by Gasteiger charge is 2.57. The molecule has 6 unspecified atom stereocenters. The molecular weight excluding hydrogens is 436 g/mol. The maximum Gasteiger partial charge on any atom is 0.305 e. The first-order valence-corrected chi connectivity index (χ1v) is 9.46. The van der Waals surface area contributed by atoms with Gasteiger partial charge < -0.3 is 33.2 Å². The van der Waals surface area contributed by atoms with Gasteiger partial charge in [-0.1, -0.05) is 0 Å². The van der Waals surface area contributed by atoms with Gasteiger partial charge in [0, 0.05) is 41.5 Å². The molecule has 1 saturated heterocycles. The highest BCUT2D eigenvalue weighted by Crippen LogP contribution is 2.33. The molecule has 0 saturated carbocycles. The molecule has 1 heterocycles. The van der Waals surface area contributed by atoms with Crippen LogP contribution in [0.15, 0.2) is 0 Å². The fraction of sp³-hybridized carbons (Fsp3) is 0.684. The molecule has 1 aliphatic rings. The fourth-order valence-electron chi connectivity index (χ4n) is 2.97. The summed E-state index contributed by atoms with van der Waals surface area (Å²) in [5.74, 6) is -4.82. The summed E-state index contributed by atoms with van der Waals surface area (Å²) in [6, 6.07) is 0. The first-order valence-electron chi connectivity index (χ1n) is 9.46. The lowest BCUT2D eigenvalue weighted by atomic mass is 10.0. The normalized spacial score (nSPS) is 23.8. The van der Waals surface area contributed by atoms with Gasteiger partial charge in [0.15, 0.2) is 18.3 Å². The van der Waals surface area contributed by atoms with Crippen LogP contribution in [0, 0.1) is 0 Å². The molecule has 1 fully saturated rings. The van der Waals surface area contributed by atoms with E-state index in [-0.39, 0.29) is 0 Å². The summed E-state index contributed by atoms with van der Waals surface area (Å²) in [4.78, 5) is 69.5. The van der Waals surface area contributed by atoms with Crippen molar-refractivity contribution in [3.05, 3.63) is 0 Å². The van der Waals surface area contributed by atoms with Crippen LogP contribution in [0.5, 0.6) is 0 Å². The topological polar surface area (TPSA) is 167 Å².